The number of halogens is 1. The maximum absolute atomic E-state index is 12.2. The van der Waals surface area contributed by atoms with E-state index < -0.39 is 0 Å². The lowest BCUT2D eigenvalue weighted by atomic mass is 10.1. The molecule has 1 saturated heterocycles. The second-order valence-electron chi connectivity index (χ2n) is 7.34. The van der Waals surface area contributed by atoms with Gasteiger partial charge in [-0.25, -0.2) is 4.99 Å². The molecule has 0 saturated carbocycles. The number of carbonyl (C=O) groups excluding carboxylic acids is 1. The van der Waals surface area contributed by atoms with Crippen LogP contribution in [0.5, 0.6) is 0 Å². The third-order valence-corrected chi connectivity index (χ3v) is 6.10. The lowest BCUT2D eigenvalue weighted by Crippen LogP contribution is -2.46. The first-order valence-electron chi connectivity index (χ1n) is 10.9. The first kappa shape index (κ1) is 26.6. The van der Waals surface area contributed by atoms with Gasteiger partial charge in [-0.3, -0.25) is 9.69 Å². The van der Waals surface area contributed by atoms with E-state index in [2.05, 4.69) is 55.5 Å². The molecule has 32 heavy (non-hydrogen) atoms. The first-order valence-corrected chi connectivity index (χ1v) is 11.8. The zero-order valence-corrected chi connectivity index (χ0v) is 21.7. The van der Waals surface area contributed by atoms with Crippen molar-refractivity contribution in [2.75, 3.05) is 52.5 Å². The van der Waals surface area contributed by atoms with Crippen molar-refractivity contribution in [3.8, 4) is 0 Å². The molecule has 3 N–H and O–H groups in total. The number of benzene rings is 1. The van der Waals surface area contributed by atoms with E-state index in [0.29, 0.717) is 12.5 Å². The normalized spacial score (nSPS) is 15.5. The Kier molecular flexibility index (Phi) is 12.6. The highest BCUT2D eigenvalue weighted by molar-refractivity contribution is 14.0. The number of amides is 1. The fourth-order valence-electron chi connectivity index (χ4n) is 3.51. The van der Waals surface area contributed by atoms with E-state index in [1.165, 1.54) is 10.4 Å². The SMILES string of the molecule is CCNC(=NCC(=O)NCCc1ccccc1)NCC(c1cccs1)N1CCOCC1.I. The summed E-state index contributed by atoms with van der Waals surface area (Å²) in [6, 6.07) is 14.7. The molecule has 1 atom stereocenters. The Labute approximate surface area is 212 Å². The summed E-state index contributed by atoms with van der Waals surface area (Å²) >= 11 is 1.77. The van der Waals surface area contributed by atoms with E-state index in [4.69, 9.17) is 4.74 Å². The minimum absolute atomic E-state index is 0. The molecule has 1 aromatic carbocycles. The molecule has 1 aliphatic rings. The van der Waals surface area contributed by atoms with Crippen molar-refractivity contribution in [3.63, 3.8) is 0 Å². The molecule has 1 aromatic heterocycles. The van der Waals surface area contributed by atoms with E-state index in [1.54, 1.807) is 11.3 Å². The van der Waals surface area contributed by atoms with Gasteiger partial charge in [0.05, 0.1) is 19.3 Å². The average Bonchev–Trinajstić information content (AvgIpc) is 3.33. The molecular formula is C23H34IN5O2S. The molecule has 7 nitrogen and oxygen atoms in total. The minimum atomic E-state index is -0.0730. The maximum atomic E-state index is 12.2. The van der Waals surface area contributed by atoms with Crippen molar-refractivity contribution >= 4 is 47.2 Å². The van der Waals surface area contributed by atoms with Gasteiger partial charge >= 0.3 is 0 Å². The first-order chi connectivity index (χ1) is 15.3. The number of hydrogen-bond donors (Lipinski definition) is 3. The molecule has 1 amide bonds. The number of aliphatic imine (C=N–C) groups is 1. The van der Waals surface area contributed by atoms with Gasteiger partial charge < -0.3 is 20.7 Å². The summed E-state index contributed by atoms with van der Waals surface area (Å²) in [6.07, 6.45) is 0.816. The Balaban J connectivity index is 0.00000363. The van der Waals surface area contributed by atoms with Gasteiger partial charge in [0.15, 0.2) is 5.96 Å². The number of rotatable bonds is 10. The lowest BCUT2D eigenvalue weighted by Gasteiger charge is -2.34. The van der Waals surface area contributed by atoms with Gasteiger partial charge in [-0.2, -0.15) is 0 Å². The number of nitrogens with zero attached hydrogens (tertiary/aromatic N) is 2. The summed E-state index contributed by atoms with van der Waals surface area (Å²) in [7, 11) is 0. The van der Waals surface area contributed by atoms with Crippen LogP contribution in [0.3, 0.4) is 0 Å². The van der Waals surface area contributed by atoms with Crippen molar-refractivity contribution in [2.24, 2.45) is 4.99 Å². The Bertz CT molecular complexity index is 798. The molecule has 1 fully saturated rings. The quantitative estimate of drug-likeness (QED) is 0.232. The Morgan fingerprint density at radius 2 is 1.91 bits per heavy atom. The maximum Gasteiger partial charge on any atom is 0.241 e. The van der Waals surface area contributed by atoms with Gasteiger partial charge in [0.1, 0.15) is 6.54 Å². The summed E-state index contributed by atoms with van der Waals surface area (Å²) in [6.45, 7) is 7.56. The summed E-state index contributed by atoms with van der Waals surface area (Å²) in [4.78, 5) is 20.5. The van der Waals surface area contributed by atoms with Crippen LogP contribution in [0.1, 0.15) is 23.4 Å². The van der Waals surface area contributed by atoms with Crippen molar-refractivity contribution in [1.29, 1.82) is 0 Å². The predicted octanol–water partition coefficient (Wildman–Crippen LogP) is 2.65. The van der Waals surface area contributed by atoms with Crippen LogP contribution in [0.2, 0.25) is 0 Å². The zero-order valence-electron chi connectivity index (χ0n) is 18.6. The van der Waals surface area contributed by atoms with E-state index in [-0.39, 0.29) is 42.5 Å². The van der Waals surface area contributed by atoms with Crippen LogP contribution in [-0.2, 0) is 16.0 Å². The highest BCUT2D eigenvalue weighted by atomic mass is 127. The number of guanidine groups is 1. The van der Waals surface area contributed by atoms with Crippen LogP contribution in [0.15, 0.2) is 52.8 Å². The molecule has 1 unspecified atom stereocenters. The molecule has 0 bridgehead atoms. The Hall–Kier alpha value is -1.69. The Morgan fingerprint density at radius 3 is 2.59 bits per heavy atom. The van der Waals surface area contributed by atoms with Crippen LogP contribution in [0.4, 0.5) is 0 Å². The second-order valence-corrected chi connectivity index (χ2v) is 8.32. The number of ether oxygens (including phenoxy) is 1. The molecule has 2 aromatic rings. The van der Waals surface area contributed by atoms with Gasteiger partial charge in [-0.05, 0) is 30.4 Å². The molecule has 176 valence electrons. The topological polar surface area (TPSA) is 78.0 Å². The van der Waals surface area contributed by atoms with Gasteiger partial charge in [0, 0.05) is 37.6 Å². The Morgan fingerprint density at radius 1 is 1.12 bits per heavy atom. The van der Waals surface area contributed by atoms with Gasteiger partial charge in [0.25, 0.3) is 0 Å². The monoisotopic (exact) mass is 571 g/mol. The molecule has 1 aliphatic heterocycles. The molecule has 0 radical (unpaired) electrons. The van der Waals surface area contributed by atoms with E-state index in [1.807, 2.05) is 25.1 Å². The number of hydrogen-bond acceptors (Lipinski definition) is 5. The number of morpholine rings is 1. The largest absolute Gasteiger partial charge is 0.379 e. The van der Waals surface area contributed by atoms with Crippen molar-refractivity contribution in [3.05, 3.63) is 58.3 Å². The molecule has 2 heterocycles. The van der Waals surface area contributed by atoms with E-state index in [0.717, 1.165) is 45.8 Å². The van der Waals surface area contributed by atoms with Gasteiger partial charge in [-0.15, -0.1) is 35.3 Å². The minimum Gasteiger partial charge on any atom is -0.379 e. The van der Waals surface area contributed by atoms with Crippen LogP contribution in [-0.4, -0.2) is 69.2 Å². The summed E-state index contributed by atoms with van der Waals surface area (Å²) < 4.78 is 5.52. The van der Waals surface area contributed by atoms with Crippen LogP contribution in [0.25, 0.3) is 0 Å². The van der Waals surface area contributed by atoms with Crippen LogP contribution < -0.4 is 16.0 Å². The van der Waals surface area contributed by atoms with Crippen LogP contribution >= 0.6 is 35.3 Å². The third-order valence-electron chi connectivity index (χ3n) is 5.12. The highest BCUT2D eigenvalue weighted by Gasteiger charge is 2.23. The van der Waals surface area contributed by atoms with E-state index in [9.17, 15) is 4.79 Å². The lowest BCUT2D eigenvalue weighted by molar-refractivity contribution is -0.119. The predicted molar refractivity (Wildman–Crippen MR) is 142 cm³/mol. The smallest absolute Gasteiger partial charge is 0.241 e. The molecular weight excluding hydrogens is 537 g/mol. The van der Waals surface area contributed by atoms with Gasteiger partial charge in [0.2, 0.25) is 5.91 Å². The number of nitrogens with one attached hydrogen (secondary N) is 3. The highest BCUT2D eigenvalue weighted by Crippen LogP contribution is 2.25. The number of thiophene rings is 1. The third kappa shape index (κ3) is 9.05. The summed E-state index contributed by atoms with van der Waals surface area (Å²) in [5, 5.41) is 11.7. The molecule has 0 spiro atoms. The fourth-order valence-corrected chi connectivity index (χ4v) is 4.37. The van der Waals surface area contributed by atoms with Gasteiger partial charge in [-0.1, -0.05) is 36.4 Å². The van der Waals surface area contributed by atoms with Crippen LogP contribution in [0, 0.1) is 0 Å². The molecule has 9 heteroatoms. The van der Waals surface area contributed by atoms with E-state index >= 15 is 0 Å². The summed E-state index contributed by atoms with van der Waals surface area (Å²) in [5.41, 5.74) is 1.21. The second kappa shape index (κ2) is 15.2. The average molecular weight is 572 g/mol. The van der Waals surface area contributed by atoms with Crippen molar-refractivity contribution in [2.45, 2.75) is 19.4 Å². The van der Waals surface area contributed by atoms with Crippen molar-refractivity contribution in [1.82, 2.24) is 20.9 Å². The van der Waals surface area contributed by atoms with Crippen molar-refractivity contribution < 1.29 is 9.53 Å². The molecule has 3 rings (SSSR count). The number of carbonyl (C=O) groups is 1. The molecule has 0 aliphatic carbocycles. The standard InChI is InChI=1S/C23H33N5O2S.HI/c1-2-24-23(27-18-22(29)25-11-10-19-7-4-3-5-8-19)26-17-20(21-9-6-16-31-21)28-12-14-30-15-13-28;/h3-9,16,20H,2,10-15,17-18H2,1H3,(H,25,29)(H2,24,26,27);1H. The summed E-state index contributed by atoms with van der Waals surface area (Å²) in [5.74, 6) is 0.589. The zero-order chi connectivity index (χ0) is 21.7. The fraction of sp³-hybridized carbons (Fsp3) is 0.478.